The molecule has 0 aliphatic carbocycles. The lowest BCUT2D eigenvalue weighted by Crippen LogP contribution is -2.19. The second-order valence-electron chi connectivity index (χ2n) is 6.71. The second-order valence-corrected chi connectivity index (χ2v) is 7.69. The third-order valence-electron chi connectivity index (χ3n) is 4.53. The lowest BCUT2D eigenvalue weighted by Gasteiger charge is -2.08. The van der Waals surface area contributed by atoms with Crippen LogP contribution in [0.25, 0.3) is 5.69 Å². The number of hydrogen-bond donors (Lipinski definition) is 1. The molecular formula is C22H22N4O3S. The predicted octanol–water partition coefficient (Wildman–Crippen LogP) is 4.39. The summed E-state index contributed by atoms with van der Waals surface area (Å²) in [4.78, 5) is 22.2. The number of amides is 1. The number of rotatable bonds is 8. The molecule has 1 heterocycles. The van der Waals surface area contributed by atoms with E-state index in [0.29, 0.717) is 5.75 Å². The fourth-order valence-electron chi connectivity index (χ4n) is 3.07. The highest BCUT2D eigenvalue weighted by atomic mass is 32.2. The number of non-ortho nitro benzene ring substituents is 1. The molecule has 0 bridgehead atoms. The number of benzene rings is 2. The summed E-state index contributed by atoms with van der Waals surface area (Å²) in [5.41, 5.74) is 7.69. The van der Waals surface area contributed by atoms with Gasteiger partial charge >= 0.3 is 0 Å². The highest BCUT2D eigenvalue weighted by Crippen LogP contribution is 2.19. The van der Waals surface area contributed by atoms with E-state index in [9.17, 15) is 14.9 Å². The molecule has 1 amide bonds. The largest absolute Gasteiger partial charge is 0.318 e. The molecule has 0 saturated carbocycles. The second kappa shape index (κ2) is 9.89. The van der Waals surface area contributed by atoms with Gasteiger partial charge in [0.2, 0.25) is 5.91 Å². The van der Waals surface area contributed by atoms with Crippen LogP contribution in [0.5, 0.6) is 0 Å². The van der Waals surface area contributed by atoms with E-state index in [4.69, 9.17) is 0 Å². The third-order valence-corrected chi connectivity index (χ3v) is 5.53. The summed E-state index contributed by atoms with van der Waals surface area (Å²) >= 11 is 1.42. The van der Waals surface area contributed by atoms with Crippen molar-refractivity contribution in [3.63, 3.8) is 0 Å². The zero-order valence-electron chi connectivity index (χ0n) is 16.7. The normalized spacial score (nSPS) is 11.0. The van der Waals surface area contributed by atoms with Crippen molar-refractivity contribution in [2.75, 3.05) is 5.75 Å². The van der Waals surface area contributed by atoms with E-state index in [-0.39, 0.29) is 17.3 Å². The van der Waals surface area contributed by atoms with Gasteiger partial charge in [0.25, 0.3) is 5.69 Å². The van der Waals surface area contributed by atoms with Crippen molar-refractivity contribution < 1.29 is 9.72 Å². The highest BCUT2D eigenvalue weighted by molar-refractivity contribution is 7.99. The summed E-state index contributed by atoms with van der Waals surface area (Å²) < 4.78 is 2.14. The van der Waals surface area contributed by atoms with Crippen LogP contribution in [0.2, 0.25) is 0 Å². The van der Waals surface area contributed by atoms with Gasteiger partial charge in [-0.3, -0.25) is 14.9 Å². The van der Waals surface area contributed by atoms with E-state index in [1.165, 1.54) is 23.9 Å². The third kappa shape index (κ3) is 5.36. The van der Waals surface area contributed by atoms with Gasteiger partial charge in [-0.2, -0.15) is 5.10 Å². The zero-order valence-corrected chi connectivity index (χ0v) is 17.6. The van der Waals surface area contributed by atoms with Crippen LogP contribution in [0.1, 0.15) is 22.5 Å². The predicted molar refractivity (Wildman–Crippen MR) is 120 cm³/mol. The Morgan fingerprint density at radius 3 is 2.53 bits per heavy atom. The van der Waals surface area contributed by atoms with Crippen LogP contribution in [0.4, 0.5) is 5.69 Å². The zero-order chi connectivity index (χ0) is 21.5. The van der Waals surface area contributed by atoms with E-state index >= 15 is 0 Å². The SMILES string of the molecule is Cc1cc(/C=N\NC(=O)CSCc2ccc([N+](=O)[O-])cc2)c(C)n1-c1ccccc1. The van der Waals surface area contributed by atoms with E-state index in [1.807, 2.05) is 50.2 Å². The van der Waals surface area contributed by atoms with Crippen molar-refractivity contribution >= 4 is 29.6 Å². The summed E-state index contributed by atoms with van der Waals surface area (Å²) in [7, 11) is 0. The number of carbonyl (C=O) groups excluding carboxylic acids is 1. The first kappa shape index (κ1) is 21.3. The number of nitrogens with zero attached hydrogens (tertiary/aromatic N) is 3. The Morgan fingerprint density at radius 2 is 1.87 bits per heavy atom. The van der Waals surface area contributed by atoms with Crippen LogP contribution >= 0.6 is 11.8 Å². The fraction of sp³-hybridized carbons (Fsp3) is 0.182. The minimum atomic E-state index is -0.431. The maximum atomic E-state index is 12.0. The van der Waals surface area contributed by atoms with Crippen LogP contribution in [-0.4, -0.2) is 27.4 Å². The van der Waals surface area contributed by atoms with Crippen LogP contribution in [0.15, 0.2) is 65.8 Å². The summed E-state index contributed by atoms with van der Waals surface area (Å²) in [5.74, 6) is 0.639. The number of nitrogens with one attached hydrogen (secondary N) is 1. The molecule has 0 saturated heterocycles. The van der Waals surface area contributed by atoms with E-state index < -0.39 is 4.92 Å². The molecule has 0 fully saturated rings. The maximum Gasteiger partial charge on any atom is 0.269 e. The van der Waals surface area contributed by atoms with Gasteiger partial charge in [0.1, 0.15) is 0 Å². The quantitative estimate of drug-likeness (QED) is 0.331. The molecule has 30 heavy (non-hydrogen) atoms. The Kier molecular flexibility index (Phi) is 7.03. The number of para-hydroxylation sites is 1. The number of thioether (sulfide) groups is 1. The van der Waals surface area contributed by atoms with Gasteiger partial charge in [0, 0.05) is 40.5 Å². The van der Waals surface area contributed by atoms with E-state index in [1.54, 1.807) is 18.3 Å². The van der Waals surface area contributed by atoms with Gasteiger partial charge in [0.15, 0.2) is 0 Å². The Balaban J connectivity index is 1.51. The van der Waals surface area contributed by atoms with Crippen molar-refractivity contribution in [3.8, 4) is 5.69 Å². The molecule has 0 unspecified atom stereocenters. The van der Waals surface area contributed by atoms with Gasteiger partial charge in [-0.25, -0.2) is 5.43 Å². The molecule has 8 heteroatoms. The first-order valence-corrected chi connectivity index (χ1v) is 10.5. The molecule has 154 valence electrons. The van der Waals surface area contributed by atoms with Crippen molar-refractivity contribution in [2.45, 2.75) is 19.6 Å². The van der Waals surface area contributed by atoms with Crippen molar-refractivity contribution in [1.29, 1.82) is 0 Å². The van der Waals surface area contributed by atoms with Gasteiger partial charge in [-0.15, -0.1) is 11.8 Å². The minimum absolute atomic E-state index is 0.0578. The smallest absolute Gasteiger partial charge is 0.269 e. The molecule has 0 atom stereocenters. The first-order valence-electron chi connectivity index (χ1n) is 9.33. The maximum absolute atomic E-state index is 12.0. The highest BCUT2D eigenvalue weighted by Gasteiger charge is 2.09. The summed E-state index contributed by atoms with van der Waals surface area (Å²) in [6.07, 6.45) is 1.65. The molecular weight excluding hydrogens is 400 g/mol. The summed E-state index contributed by atoms with van der Waals surface area (Å²) in [5, 5.41) is 14.7. The number of hydrazone groups is 1. The Morgan fingerprint density at radius 1 is 1.17 bits per heavy atom. The molecule has 0 aliphatic rings. The Labute approximate surface area is 179 Å². The van der Waals surface area contributed by atoms with Crippen LogP contribution in [0, 0.1) is 24.0 Å². The van der Waals surface area contributed by atoms with Gasteiger partial charge in [-0.1, -0.05) is 30.3 Å². The molecule has 3 rings (SSSR count). The molecule has 7 nitrogen and oxygen atoms in total. The van der Waals surface area contributed by atoms with Gasteiger partial charge < -0.3 is 4.57 Å². The average Bonchev–Trinajstić information content (AvgIpc) is 3.02. The van der Waals surface area contributed by atoms with E-state index in [2.05, 4.69) is 15.1 Å². The first-order chi connectivity index (χ1) is 14.5. The van der Waals surface area contributed by atoms with Crippen LogP contribution < -0.4 is 5.43 Å². The molecule has 1 N–H and O–H groups in total. The Hall–Kier alpha value is -3.39. The average molecular weight is 423 g/mol. The molecule has 1 aromatic heterocycles. The number of aromatic nitrogens is 1. The van der Waals surface area contributed by atoms with Gasteiger partial charge in [-0.05, 0) is 37.6 Å². The minimum Gasteiger partial charge on any atom is -0.318 e. The molecule has 2 aromatic carbocycles. The topological polar surface area (TPSA) is 89.5 Å². The molecule has 0 aliphatic heterocycles. The van der Waals surface area contributed by atoms with E-state index in [0.717, 1.165) is 28.2 Å². The number of aryl methyl sites for hydroxylation is 1. The number of nitro benzene ring substituents is 1. The molecule has 0 spiro atoms. The summed E-state index contributed by atoms with van der Waals surface area (Å²) in [6.45, 7) is 4.05. The van der Waals surface area contributed by atoms with Crippen LogP contribution in [-0.2, 0) is 10.5 Å². The standard InChI is InChI=1S/C22H22N4O3S/c1-16-12-19(17(2)25(16)20-6-4-3-5-7-20)13-23-24-22(27)15-30-14-18-8-10-21(11-9-18)26(28)29/h3-13H,14-15H2,1-2H3,(H,24,27)/b23-13-. The van der Waals surface area contributed by atoms with Crippen molar-refractivity contribution in [1.82, 2.24) is 9.99 Å². The monoisotopic (exact) mass is 422 g/mol. The Bertz CT molecular complexity index is 1060. The fourth-order valence-corrected chi connectivity index (χ4v) is 3.85. The number of nitro groups is 1. The van der Waals surface area contributed by atoms with Gasteiger partial charge in [0.05, 0.1) is 16.9 Å². The van der Waals surface area contributed by atoms with Crippen LogP contribution in [0.3, 0.4) is 0 Å². The van der Waals surface area contributed by atoms with Crippen molar-refractivity contribution in [2.24, 2.45) is 5.10 Å². The lowest BCUT2D eigenvalue weighted by atomic mass is 10.2. The lowest BCUT2D eigenvalue weighted by molar-refractivity contribution is -0.384. The molecule has 0 radical (unpaired) electrons. The number of hydrogen-bond acceptors (Lipinski definition) is 5. The summed E-state index contributed by atoms with van der Waals surface area (Å²) in [6, 6.07) is 18.4. The van der Waals surface area contributed by atoms with Crippen molar-refractivity contribution in [3.05, 3.63) is 93.3 Å². The number of carbonyl (C=O) groups is 1. The molecule has 3 aromatic rings.